The number of para-hydroxylation sites is 2. The Kier molecular flexibility index (Phi) is 6.09. The zero-order chi connectivity index (χ0) is 34.6. The molecule has 0 aliphatic heterocycles. The van der Waals surface area contributed by atoms with Crippen LogP contribution in [0.15, 0.2) is 164 Å². The Morgan fingerprint density at radius 3 is 1.81 bits per heavy atom. The van der Waals surface area contributed by atoms with E-state index in [9.17, 15) is 0 Å². The van der Waals surface area contributed by atoms with Gasteiger partial charge >= 0.3 is 0 Å². The quantitative estimate of drug-likeness (QED) is 0.183. The molecule has 0 saturated carbocycles. The van der Waals surface area contributed by atoms with E-state index in [4.69, 9.17) is 9.97 Å². The Hall–Kier alpha value is -6.40. The summed E-state index contributed by atoms with van der Waals surface area (Å²) in [6, 6.07) is 58.9. The second-order valence-electron chi connectivity index (χ2n) is 13.7. The first-order valence-electron chi connectivity index (χ1n) is 17.8. The minimum atomic E-state index is 0.675. The molecule has 0 bridgehead atoms. The number of thiophene rings is 2. The molecule has 0 atom stereocenters. The Morgan fingerprint density at radius 2 is 1.00 bits per heavy atom. The van der Waals surface area contributed by atoms with Gasteiger partial charge in [0.25, 0.3) is 0 Å². The maximum Gasteiger partial charge on any atom is 0.235 e. The second-order valence-corrected chi connectivity index (χ2v) is 15.8. The van der Waals surface area contributed by atoms with Crippen molar-refractivity contribution in [3.8, 4) is 28.3 Å². The fourth-order valence-electron chi connectivity index (χ4n) is 8.51. The molecule has 0 amide bonds. The topological polar surface area (TPSA) is 30.7 Å². The van der Waals surface area contributed by atoms with Crippen LogP contribution in [0.1, 0.15) is 0 Å². The summed E-state index contributed by atoms with van der Waals surface area (Å²) < 4.78 is 7.56. The Bertz CT molecular complexity index is 3440. The van der Waals surface area contributed by atoms with E-state index in [2.05, 4.69) is 168 Å². The first kappa shape index (κ1) is 29.2. The SMILES string of the molecule is c1ccc(-c2ccc(-c3nc(-n4c5ccccc5c5c6sc7ccccc7c6c6c(ccc7sc8ccccc8c76)c54)nc4ccccc34)cc2)cc1. The van der Waals surface area contributed by atoms with Crippen molar-refractivity contribution in [2.24, 2.45) is 0 Å². The molecule has 0 aliphatic rings. The van der Waals surface area contributed by atoms with Crippen LogP contribution in [0.5, 0.6) is 0 Å². The van der Waals surface area contributed by atoms with Crippen LogP contribution in [-0.4, -0.2) is 14.5 Å². The van der Waals surface area contributed by atoms with Crippen molar-refractivity contribution in [2.45, 2.75) is 0 Å². The summed E-state index contributed by atoms with van der Waals surface area (Å²) in [6.07, 6.45) is 0. The molecule has 0 N–H and O–H groups in total. The van der Waals surface area contributed by atoms with Gasteiger partial charge in [0.2, 0.25) is 5.95 Å². The van der Waals surface area contributed by atoms with Crippen LogP contribution >= 0.6 is 22.7 Å². The van der Waals surface area contributed by atoms with Gasteiger partial charge in [0, 0.05) is 72.8 Å². The molecule has 4 heterocycles. The molecular formula is C48H27N3S2. The lowest BCUT2D eigenvalue weighted by atomic mass is 9.96. The largest absolute Gasteiger partial charge is 0.277 e. The second kappa shape index (κ2) is 11.1. The van der Waals surface area contributed by atoms with Gasteiger partial charge in [-0.25, -0.2) is 9.97 Å². The van der Waals surface area contributed by atoms with E-state index in [1.54, 1.807) is 0 Å². The number of fused-ring (bicyclic) bond motifs is 15. The summed E-state index contributed by atoms with van der Waals surface area (Å²) >= 11 is 3.77. The first-order valence-corrected chi connectivity index (χ1v) is 19.5. The molecule has 0 radical (unpaired) electrons. The molecule has 8 aromatic carbocycles. The van der Waals surface area contributed by atoms with Crippen LogP contribution in [0.4, 0.5) is 0 Å². The summed E-state index contributed by atoms with van der Waals surface area (Å²) in [5, 5.41) is 11.3. The highest BCUT2D eigenvalue weighted by Crippen LogP contribution is 2.51. The minimum Gasteiger partial charge on any atom is -0.277 e. The normalized spacial score (nSPS) is 12.2. The van der Waals surface area contributed by atoms with Gasteiger partial charge in [0.15, 0.2) is 0 Å². The number of hydrogen-bond acceptors (Lipinski definition) is 4. The number of benzene rings is 8. The number of nitrogens with zero attached hydrogens (tertiary/aromatic N) is 3. The maximum atomic E-state index is 5.51. The first-order chi connectivity index (χ1) is 26.3. The molecule has 3 nitrogen and oxygen atoms in total. The lowest BCUT2D eigenvalue weighted by molar-refractivity contribution is 1.02. The van der Waals surface area contributed by atoms with Crippen molar-refractivity contribution in [3.05, 3.63) is 164 Å². The van der Waals surface area contributed by atoms with Crippen LogP contribution in [-0.2, 0) is 0 Å². The van der Waals surface area contributed by atoms with Crippen LogP contribution in [0.3, 0.4) is 0 Å². The molecule has 0 saturated heterocycles. The lowest BCUT2D eigenvalue weighted by Gasteiger charge is -2.14. The van der Waals surface area contributed by atoms with Gasteiger partial charge < -0.3 is 0 Å². The van der Waals surface area contributed by atoms with Gasteiger partial charge in [-0.15, -0.1) is 22.7 Å². The molecule has 12 rings (SSSR count). The van der Waals surface area contributed by atoms with Crippen molar-refractivity contribution in [3.63, 3.8) is 0 Å². The monoisotopic (exact) mass is 709 g/mol. The predicted molar refractivity (Wildman–Crippen MR) is 228 cm³/mol. The molecule has 5 heteroatoms. The molecule has 12 aromatic rings. The Labute approximate surface area is 311 Å². The highest BCUT2D eigenvalue weighted by Gasteiger charge is 2.25. The molecule has 53 heavy (non-hydrogen) atoms. The van der Waals surface area contributed by atoms with Gasteiger partial charge in [-0.3, -0.25) is 4.57 Å². The lowest BCUT2D eigenvalue weighted by Crippen LogP contribution is -2.03. The average Bonchev–Trinajstić information content (AvgIpc) is 3.91. The highest BCUT2D eigenvalue weighted by atomic mass is 32.1. The highest BCUT2D eigenvalue weighted by molar-refractivity contribution is 7.27. The minimum absolute atomic E-state index is 0.675. The Balaban J connectivity index is 1.24. The van der Waals surface area contributed by atoms with Gasteiger partial charge in [0.1, 0.15) is 0 Å². The third-order valence-corrected chi connectivity index (χ3v) is 13.1. The number of hydrogen-bond donors (Lipinski definition) is 0. The van der Waals surface area contributed by atoms with Crippen molar-refractivity contribution in [1.29, 1.82) is 0 Å². The van der Waals surface area contributed by atoms with Gasteiger partial charge in [-0.05, 0) is 41.5 Å². The van der Waals surface area contributed by atoms with E-state index in [0.717, 1.165) is 33.2 Å². The number of rotatable bonds is 3. The molecule has 246 valence electrons. The van der Waals surface area contributed by atoms with E-state index >= 15 is 0 Å². The van der Waals surface area contributed by atoms with Crippen LogP contribution in [0.25, 0.3) is 112 Å². The van der Waals surface area contributed by atoms with E-state index in [0.29, 0.717) is 5.95 Å². The zero-order valence-corrected chi connectivity index (χ0v) is 29.9. The van der Waals surface area contributed by atoms with Gasteiger partial charge in [0.05, 0.1) is 22.2 Å². The van der Waals surface area contributed by atoms with E-state index < -0.39 is 0 Å². The molecular weight excluding hydrogens is 683 g/mol. The van der Waals surface area contributed by atoms with Gasteiger partial charge in [-0.1, -0.05) is 133 Å². The van der Waals surface area contributed by atoms with Crippen molar-refractivity contribution in [2.75, 3.05) is 0 Å². The maximum absolute atomic E-state index is 5.51. The fourth-order valence-corrected chi connectivity index (χ4v) is 10.9. The molecule has 4 aromatic heterocycles. The third kappa shape index (κ3) is 4.15. The third-order valence-electron chi connectivity index (χ3n) is 10.8. The van der Waals surface area contributed by atoms with Crippen LogP contribution < -0.4 is 0 Å². The molecule has 0 unspecified atom stereocenters. The zero-order valence-electron chi connectivity index (χ0n) is 28.2. The summed E-state index contributed by atoms with van der Waals surface area (Å²) in [5.41, 5.74) is 7.54. The summed E-state index contributed by atoms with van der Waals surface area (Å²) in [4.78, 5) is 10.9. The molecule has 0 spiro atoms. The van der Waals surface area contributed by atoms with Crippen molar-refractivity contribution < 1.29 is 0 Å². The van der Waals surface area contributed by atoms with Gasteiger partial charge in [-0.2, -0.15) is 0 Å². The van der Waals surface area contributed by atoms with Crippen LogP contribution in [0, 0.1) is 0 Å². The smallest absolute Gasteiger partial charge is 0.235 e. The summed E-state index contributed by atoms with van der Waals surface area (Å²) in [6.45, 7) is 0. The number of aromatic nitrogens is 3. The van der Waals surface area contributed by atoms with E-state index in [1.807, 2.05) is 22.7 Å². The molecule has 0 aliphatic carbocycles. The van der Waals surface area contributed by atoms with E-state index in [1.165, 1.54) is 73.0 Å². The van der Waals surface area contributed by atoms with Crippen LogP contribution in [0.2, 0.25) is 0 Å². The summed E-state index contributed by atoms with van der Waals surface area (Å²) in [7, 11) is 0. The average molecular weight is 710 g/mol. The molecule has 0 fully saturated rings. The summed E-state index contributed by atoms with van der Waals surface area (Å²) in [5.74, 6) is 0.675. The van der Waals surface area contributed by atoms with Crippen molar-refractivity contribution in [1.82, 2.24) is 14.5 Å². The van der Waals surface area contributed by atoms with E-state index in [-0.39, 0.29) is 0 Å². The standard InChI is InChI=1S/C48H27N3S2/c1-2-12-28(13-3-1)29-22-24-30(25-23-29)45-31-14-4-8-18-36(31)49-48(50-45)51-37-19-9-5-15-32(37)44-46(51)35-26-27-40-41(33-16-6-10-20-38(33)52-40)42(35)43-34-17-7-11-21-39(34)53-47(43)44/h1-27H. The fraction of sp³-hybridized carbons (Fsp3) is 0. The van der Waals surface area contributed by atoms with Crippen molar-refractivity contribution >= 4 is 106 Å². The Morgan fingerprint density at radius 1 is 0.377 bits per heavy atom. The predicted octanol–water partition coefficient (Wildman–Crippen LogP) is 13.9.